The first-order chi connectivity index (χ1) is 14.9. The van der Waals surface area contributed by atoms with Gasteiger partial charge in [0.1, 0.15) is 5.82 Å². The number of rotatable bonds is 3. The Kier molecular flexibility index (Phi) is 4.63. The number of carbonyl (C=O) groups is 2. The largest absolute Gasteiger partial charge is 0.304 e. The summed E-state index contributed by atoms with van der Waals surface area (Å²) in [4.78, 5) is 29.0. The van der Waals surface area contributed by atoms with Crippen molar-refractivity contribution < 1.29 is 14.0 Å². The van der Waals surface area contributed by atoms with Gasteiger partial charge in [0.05, 0.1) is 18.0 Å². The highest BCUT2D eigenvalue weighted by atomic mass is 32.2. The Morgan fingerprint density at radius 3 is 2.48 bits per heavy atom. The number of benzene rings is 3. The van der Waals surface area contributed by atoms with Gasteiger partial charge in [-0.2, -0.15) is 0 Å². The number of halogens is 1. The molecule has 0 N–H and O–H groups in total. The van der Waals surface area contributed by atoms with Gasteiger partial charge >= 0.3 is 0 Å². The zero-order valence-corrected chi connectivity index (χ0v) is 18.1. The lowest BCUT2D eigenvalue weighted by atomic mass is 10.0. The third-order valence-corrected chi connectivity index (χ3v) is 7.32. The first-order valence-electron chi connectivity index (χ1n) is 10.1. The quantitative estimate of drug-likeness (QED) is 0.590. The van der Waals surface area contributed by atoms with E-state index < -0.39 is 10.7 Å². The van der Waals surface area contributed by atoms with Crippen molar-refractivity contribution in [2.24, 2.45) is 0 Å². The monoisotopic (exact) mass is 432 g/mol. The van der Waals surface area contributed by atoms with E-state index in [1.807, 2.05) is 55.5 Å². The van der Waals surface area contributed by atoms with Crippen molar-refractivity contribution in [2.75, 3.05) is 15.6 Å². The minimum absolute atomic E-state index is 0.161. The first-order valence-corrected chi connectivity index (χ1v) is 11.1. The molecule has 4 nitrogen and oxygen atoms in total. The highest BCUT2D eigenvalue weighted by Gasteiger charge is 2.60. The summed E-state index contributed by atoms with van der Waals surface area (Å²) in [6, 6.07) is 20.3. The Morgan fingerprint density at radius 2 is 1.74 bits per heavy atom. The van der Waals surface area contributed by atoms with Gasteiger partial charge in [-0.3, -0.25) is 14.5 Å². The van der Waals surface area contributed by atoms with E-state index in [-0.39, 0.29) is 17.6 Å². The van der Waals surface area contributed by atoms with Gasteiger partial charge in [-0.15, -0.1) is 11.8 Å². The van der Waals surface area contributed by atoms with Crippen molar-refractivity contribution in [2.45, 2.75) is 25.3 Å². The van der Waals surface area contributed by atoms with E-state index >= 15 is 0 Å². The fourth-order valence-electron chi connectivity index (χ4n) is 4.31. The Labute approximate surface area is 184 Å². The molecule has 1 fully saturated rings. The lowest BCUT2D eigenvalue weighted by molar-refractivity contribution is -0.123. The molecule has 2 amide bonds. The molecule has 0 radical (unpaired) electrons. The smallest absolute Gasteiger partial charge is 0.269 e. The molecule has 5 rings (SSSR count). The van der Waals surface area contributed by atoms with Gasteiger partial charge in [0, 0.05) is 11.3 Å². The predicted molar refractivity (Wildman–Crippen MR) is 122 cm³/mol. The topological polar surface area (TPSA) is 40.6 Å². The number of hydrogen-bond donors (Lipinski definition) is 0. The summed E-state index contributed by atoms with van der Waals surface area (Å²) in [5.74, 6) is -0.610. The van der Waals surface area contributed by atoms with Crippen LogP contribution in [0.5, 0.6) is 0 Å². The molecule has 0 aliphatic carbocycles. The van der Waals surface area contributed by atoms with Gasteiger partial charge in [-0.25, -0.2) is 4.39 Å². The van der Waals surface area contributed by atoms with Crippen LogP contribution in [0.4, 0.5) is 15.8 Å². The maximum atomic E-state index is 14.4. The van der Waals surface area contributed by atoms with Gasteiger partial charge in [0.25, 0.3) is 5.91 Å². The maximum Gasteiger partial charge on any atom is 0.269 e. The second-order valence-electron chi connectivity index (χ2n) is 7.99. The average Bonchev–Trinajstić information content (AvgIpc) is 3.23. The maximum absolute atomic E-state index is 14.4. The zero-order valence-electron chi connectivity index (χ0n) is 17.3. The SMILES string of the molecule is Cc1ccc(CN2C(=O)[C@@]3(SCC(=O)N3c3ccc(C)c(F)c3)c3ccccc32)cc1. The van der Waals surface area contributed by atoms with E-state index in [9.17, 15) is 14.0 Å². The normalized spacial score (nSPS) is 20.1. The molecule has 1 spiro atoms. The first kappa shape index (κ1) is 19.8. The standard InChI is InChI=1S/C25H21FN2O2S/c1-16-7-10-18(11-8-16)14-27-22-6-4-3-5-20(22)25(24(27)30)28(23(29)15-31-25)19-12-9-17(2)21(26)13-19/h3-13H,14-15H2,1-2H3/t25-/m0/s1. The number of fused-ring (bicyclic) bond motifs is 2. The molecule has 156 valence electrons. The highest BCUT2D eigenvalue weighted by molar-refractivity contribution is 8.02. The van der Waals surface area contributed by atoms with Crippen LogP contribution >= 0.6 is 11.8 Å². The average molecular weight is 433 g/mol. The molecule has 0 saturated carbocycles. The Morgan fingerprint density at radius 1 is 1.00 bits per heavy atom. The third kappa shape index (κ3) is 2.97. The van der Waals surface area contributed by atoms with Crippen LogP contribution in [0.3, 0.4) is 0 Å². The fraction of sp³-hybridized carbons (Fsp3) is 0.200. The number of thioether (sulfide) groups is 1. The van der Waals surface area contributed by atoms with Crippen LogP contribution in [0.15, 0.2) is 66.7 Å². The molecule has 0 bridgehead atoms. The van der Waals surface area contributed by atoms with E-state index in [0.717, 1.165) is 22.4 Å². The molecule has 2 aliphatic heterocycles. The van der Waals surface area contributed by atoms with Gasteiger partial charge in [0.2, 0.25) is 10.8 Å². The van der Waals surface area contributed by atoms with Gasteiger partial charge in [0.15, 0.2) is 0 Å². The molecule has 1 saturated heterocycles. The molecular weight excluding hydrogens is 411 g/mol. The Bertz CT molecular complexity index is 1210. The molecule has 3 aromatic carbocycles. The van der Waals surface area contributed by atoms with Crippen LogP contribution in [0.2, 0.25) is 0 Å². The summed E-state index contributed by atoms with van der Waals surface area (Å²) in [5, 5.41) is 0. The van der Waals surface area contributed by atoms with E-state index in [0.29, 0.717) is 17.8 Å². The number of para-hydroxylation sites is 1. The van der Waals surface area contributed by atoms with Crippen molar-refractivity contribution in [3.05, 3.63) is 94.8 Å². The minimum atomic E-state index is -1.22. The van der Waals surface area contributed by atoms with E-state index in [2.05, 4.69) is 0 Å². The van der Waals surface area contributed by atoms with Crippen molar-refractivity contribution in [1.82, 2.24) is 0 Å². The van der Waals surface area contributed by atoms with Gasteiger partial charge in [-0.1, -0.05) is 54.1 Å². The van der Waals surface area contributed by atoms with Crippen molar-refractivity contribution in [3.63, 3.8) is 0 Å². The van der Waals surface area contributed by atoms with Crippen LogP contribution in [0.25, 0.3) is 0 Å². The number of anilines is 2. The number of amides is 2. The summed E-state index contributed by atoms with van der Waals surface area (Å²) < 4.78 is 14.4. The minimum Gasteiger partial charge on any atom is -0.304 e. The highest BCUT2D eigenvalue weighted by Crippen LogP contribution is 2.56. The summed E-state index contributed by atoms with van der Waals surface area (Å²) in [5.41, 5.74) is 4.61. The molecular formula is C25H21FN2O2S. The second kappa shape index (κ2) is 7.24. The molecule has 0 unspecified atom stereocenters. The fourth-order valence-corrected chi connectivity index (χ4v) is 5.67. The third-order valence-electron chi connectivity index (χ3n) is 5.94. The summed E-state index contributed by atoms with van der Waals surface area (Å²) in [6.45, 7) is 4.10. The van der Waals surface area contributed by atoms with Crippen LogP contribution in [-0.2, 0) is 21.0 Å². The number of aryl methyl sites for hydroxylation is 2. The van der Waals surface area contributed by atoms with Crippen molar-refractivity contribution in [1.29, 1.82) is 0 Å². The predicted octanol–water partition coefficient (Wildman–Crippen LogP) is 4.92. The van der Waals surface area contributed by atoms with E-state index in [1.165, 1.54) is 22.7 Å². The summed E-state index contributed by atoms with van der Waals surface area (Å²) >= 11 is 1.30. The van der Waals surface area contributed by atoms with Crippen LogP contribution in [-0.4, -0.2) is 17.6 Å². The lowest BCUT2D eigenvalue weighted by Crippen LogP contribution is -2.49. The molecule has 1 atom stereocenters. The molecule has 0 aromatic heterocycles. The molecule has 6 heteroatoms. The van der Waals surface area contributed by atoms with Crippen LogP contribution in [0, 0.1) is 19.7 Å². The molecule has 2 aliphatic rings. The summed E-state index contributed by atoms with van der Waals surface area (Å²) in [6.07, 6.45) is 0. The molecule has 31 heavy (non-hydrogen) atoms. The lowest BCUT2D eigenvalue weighted by Gasteiger charge is -2.33. The van der Waals surface area contributed by atoms with Crippen LogP contribution in [0.1, 0.15) is 22.3 Å². The molecule has 2 heterocycles. The van der Waals surface area contributed by atoms with E-state index in [4.69, 9.17) is 0 Å². The van der Waals surface area contributed by atoms with Crippen molar-refractivity contribution in [3.8, 4) is 0 Å². The van der Waals surface area contributed by atoms with E-state index in [1.54, 1.807) is 24.0 Å². The second-order valence-corrected chi connectivity index (χ2v) is 9.16. The van der Waals surface area contributed by atoms with Gasteiger partial charge < -0.3 is 4.90 Å². The Balaban J connectivity index is 1.63. The number of carbonyl (C=O) groups excluding carboxylic acids is 2. The number of nitrogens with zero attached hydrogens (tertiary/aromatic N) is 2. The number of hydrogen-bond acceptors (Lipinski definition) is 3. The van der Waals surface area contributed by atoms with Gasteiger partial charge in [-0.05, 0) is 43.2 Å². The summed E-state index contributed by atoms with van der Waals surface area (Å²) in [7, 11) is 0. The molecule has 3 aromatic rings. The zero-order chi connectivity index (χ0) is 21.8. The van der Waals surface area contributed by atoms with Crippen molar-refractivity contribution >= 4 is 35.0 Å². The van der Waals surface area contributed by atoms with Crippen LogP contribution < -0.4 is 9.80 Å². The Hall–Kier alpha value is -3.12.